The first-order valence-electron chi connectivity index (χ1n) is 8.67. The Kier molecular flexibility index (Phi) is 6.80. The summed E-state index contributed by atoms with van der Waals surface area (Å²) in [6.45, 7) is 6.10. The standard InChI is InChI=1S/C16H28N4O4S/c1-16(2,3)24-15(23)18-8-7-17-12(21)6-4-5-11-13-10(9-25-11)19-14(22)20-13/h10-11,13H,4-9H2,1-3H3,(H,17,21)(H,18,23)(H2,19,20,22)/t10-,11-,13+/m0/s1. The van der Waals surface area contributed by atoms with Gasteiger partial charge in [-0.2, -0.15) is 11.8 Å². The summed E-state index contributed by atoms with van der Waals surface area (Å²) in [5.41, 5.74) is -0.529. The highest BCUT2D eigenvalue weighted by molar-refractivity contribution is 8.00. The zero-order valence-corrected chi connectivity index (χ0v) is 15.8. The number of hydrogen-bond donors (Lipinski definition) is 4. The zero-order valence-electron chi connectivity index (χ0n) is 15.0. The van der Waals surface area contributed by atoms with Gasteiger partial charge in [-0.05, 0) is 33.6 Å². The van der Waals surface area contributed by atoms with E-state index in [1.54, 1.807) is 20.8 Å². The van der Waals surface area contributed by atoms with Gasteiger partial charge in [0.15, 0.2) is 0 Å². The van der Waals surface area contributed by atoms with Gasteiger partial charge in [0, 0.05) is 30.5 Å². The number of ether oxygens (including phenoxy) is 1. The third kappa shape index (κ3) is 6.64. The molecular formula is C16H28N4O4S. The van der Waals surface area contributed by atoms with Crippen molar-refractivity contribution < 1.29 is 19.1 Å². The molecule has 9 heteroatoms. The molecule has 0 aromatic rings. The van der Waals surface area contributed by atoms with Crippen molar-refractivity contribution in [2.24, 2.45) is 0 Å². The molecule has 0 saturated carbocycles. The largest absolute Gasteiger partial charge is 0.444 e. The molecular weight excluding hydrogens is 344 g/mol. The lowest BCUT2D eigenvalue weighted by Crippen LogP contribution is -2.38. The SMILES string of the molecule is CC(C)(C)OC(=O)NCCNC(=O)CCC[C@@H]1SC[C@@H]2NC(=O)N[C@H]21. The Morgan fingerprint density at radius 1 is 1.24 bits per heavy atom. The van der Waals surface area contributed by atoms with E-state index in [0.29, 0.717) is 24.8 Å². The van der Waals surface area contributed by atoms with Gasteiger partial charge in [0.25, 0.3) is 0 Å². The summed E-state index contributed by atoms with van der Waals surface area (Å²) < 4.78 is 5.11. The Morgan fingerprint density at radius 2 is 1.96 bits per heavy atom. The lowest BCUT2D eigenvalue weighted by Gasteiger charge is -2.19. The number of alkyl carbamates (subject to hydrolysis) is 1. The summed E-state index contributed by atoms with van der Waals surface area (Å²) >= 11 is 1.85. The van der Waals surface area contributed by atoms with Crippen LogP contribution in [0.2, 0.25) is 0 Å². The molecule has 2 saturated heterocycles. The number of fused-ring (bicyclic) bond motifs is 1. The summed E-state index contributed by atoms with van der Waals surface area (Å²) in [4.78, 5) is 34.6. The Hall–Kier alpha value is -1.64. The molecule has 4 N–H and O–H groups in total. The van der Waals surface area contributed by atoms with Gasteiger partial charge in [0.2, 0.25) is 5.91 Å². The van der Waals surface area contributed by atoms with Crippen LogP contribution in [0.1, 0.15) is 40.0 Å². The Labute approximate surface area is 152 Å². The molecule has 142 valence electrons. The number of thioether (sulfide) groups is 1. The van der Waals surface area contributed by atoms with Gasteiger partial charge in [-0.25, -0.2) is 9.59 Å². The van der Waals surface area contributed by atoms with E-state index in [4.69, 9.17) is 4.74 Å². The molecule has 0 aliphatic carbocycles. The van der Waals surface area contributed by atoms with E-state index in [1.165, 1.54) is 0 Å². The summed E-state index contributed by atoms with van der Waals surface area (Å²) in [6, 6.07) is 0.310. The highest BCUT2D eigenvalue weighted by Gasteiger charge is 2.42. The third-order valence-electron chi connectivity index (χ3n) is 3.95. The fraction of sp³-hybridized carbons (Fsp3) is 0.812. The lowest BCUT2D eigenvalue weighted by atomic mass is 10.0. The van der Waals surface area contributed by atoms with E-state index in [-0.39, 0.29) is 24.0 Å². The molecule has 25 heavy (non-hydrogen) atoms. The second-order valence-electron chi connectivity index (χ2n) is 7.29. The van der Waals surface area contributed by atoms with E-state index in [2.05, 4.69) is 21.3 Å². The van der Waals surface area contributed by atoms with Gasteiger partial charge in [-0.1, -0.05) is 0 Å². The van der Waals surface area contributed by atoms with Crippen LogP contribution < -0.4 is 21.3 Å². The maximum atomic E-state index is 11.8. The van der Waals surface area contributed by atoms with Crippen LogP contribution >= 0.6 is 11.8 Å². The minimum atomic E-state index is -0.529. The van der Waals surface area contributed by atoms with E-state index in [0.717, 1.165) is 18.6 Å². The van der Waals surface area contributed by atoms with Gasteiger partial charge in [-0.15, -0.1) is 0 Å². The summed E-state index contributed by atoms with van der Waals surface area (Å²) in [5, 5.41) is 11.6. The molecule has 0 unspecified atom stereocenters. The molecule has 0 aromatic heterocycles. The predicted octanol–water partition coefficient (Wildman–Crippen LogP) is 0.963. The van der Waals surface area contributed by atoms with Crippen molar-refractivity contribution in [1.82, 2.24) is 21.3 Å². The molecule has 0 bridgehead atoms. The smallest absolute Gasteiger partial charge is 0.407 e. The van der Waals surface area contributed by atoms with Crippen LogP contribution in [-0.4, -0.2) is 59.8 Å². The van der Waals surface area contributed by atoms with Crippen molar-refractivity contribution in [1.29, 1.82) is 0 Å². The molecule has 3 atom stereocenters. The first kappa shape index (κ1) is 19.7. The fourth-order valence-corrected chi connectivity index (χ4v) is 4.42. The number of carbonyl (C=O) groups excluding carboxylic acids is 3. The van der Waals surface area contributed by atoms with Crippen LogP contribution in [0, 0.1) is 0 Å². The van der Waals surface area contributed by atoms with E-state index in [1.807, 2.05) is 11.8 Å². The fourth-order valence-electron chi connectivity index (χ4n) is 2.88. The molecule has 2 aliphatic heterocycles. The van der Waals surface area contributed by atoms with Gasteiger partial charge < -0.3 is 26.0 Å². The van der Waals surface area contributed by atoms with Crippen molar-refractivity contribution >= 4 is 29.8 Å². The van der Waals surface area contributed by atoms with Crippen molar-refractivity contribution in [3.05, 3.63) is 0 Å². The van der Waals surface area contributed by atoms with Gasteiger partial charge >= 0.3 is 12.1 Å². The topological polar surface area (TPSA) is 109 Å². The summed E-state index contributed by atoms with van der Waals surface area (Å²) in [5.74, 6) is 0.899. The van der Waals surface area contributed by atoms with Crippen molar-refractivity contribution in [2.75, 3.05) is 18.8 Å². The number of carbonyl (C=O) groups is 3. The number of amides is 4. The normalized spacial score (nSPS) is 24.9. The molecule has 2 fully saturated rings. The van der Waals surface area contributed by atoms with Crippen molar-refractivity contribution in [3.8, 4) is 0 Å². The zero-order chi connectivity index (χ0) is 18.4. The lowest BCUT2D eigenvalue weighted by molar-refractivity contribution is -0.121. The second kappa shape index (κ2) is 8.64. The second-order valence-corrected chi connectivity index (χ2v) is 8.56. The Bertz CT molecular complexity index is 509. The number of urea groups is 1. The third-order valence-corrected chi connectivity index (χ3v) is 5.45. The van der Waals surface area contributed by atoms with Gasteiger partial charge in [0.05, 0.1) is 12.1 Å². The average molecular weight is 372 g/mol. The Morgan fingerprint density at radius 3 is 2.68 bits per heavy atom. The minimum absolute atomic E-state index is 0.0286. The maximum absolute atomic E-state index is 11.8. The minimum Gasteiger partial charge on any atom is -0.444 e. The molecule has 4 amide bonds. The first-order chi connectivity index (χ1) is 11.7. The van der Waals surface area contributed by atoms with Crippen LogP contribution in [0.5, 0.6) is 0 Å². The first-order valence-corrected chi connectivity index (χ1v) is 9.71. The van der Waals surface area contributed by atoms with E-state index < -0.39 is 11.7 Å². The van der Waals surface area contributed by atoms with Crippen molar-refractivity contribution in [2.45, 2.75) is 63.0 Å². The van der Waals surface area contributed by atoms with E-state index >= 15 is 0 Å². The van der Waals surface area contributed by atoms with Crippen LogP contribution in [-0.2, 0) is 9.53 Å². The van der Waals surface area contributed by atoms with Gasteiger partial charge in [-0.3, -0.25) is 4.79 Å². The molecule has 2 rings (SSSR count). The van der Waals surface area contributed by atoms with Gasteiger partial charge in [0.1, 0.15) is 5.60 Å². The molecule has 2 heterocycles. The number of nitrogens with one attached hydrogen (secondary N) is 4. The number of hydrogen-bond acceptors (Lipinski definition) is 5. The average Bonchev–Trinajstić information content (AvgIpc) is 3.02. The quantitative estimate of drug-likeness (QED) is 0.393. The highest BCUT2D eigenvalue weighted by Crippen LogP contribution is 2.32. The molecule has 8 nitrogen and oxygen atoms in total. The monoisotopic (exact) mass is 372 g/mol. The summed E-state index contributed by atoms with van der Waals surface area (Å²) in [6.07, 6.45) is 1.64. The Balaban J connectivity index is 1.52. The molecule has 0 aromatic carbocycles. The van der Waals surface area contributed by atoms with E-state index in [9.17, 15) is 14.4 Å². The van der Waals surface area contributed by atoms with Crippen LogP contribution in [0.4, 0.5) is 9.59 Å². The van der Waals surface area contributed by atoms with Crippen molar-refractivity contribution in [3.63, 3.8) is 0 Å². The molecule has 2 aliphatic rings. The van der Waals surface area contributed by atoms with Crippen LogP contribution in [0.3, 0.4) is 0 Å². The predicted molar refractivity (Wildman–Crippen MR) is 96.6 cm³/mol. The van der Waals surface area contributed by atoms with Crippen LogP contribution in [0.15, 0.2) is 0 Å². The molecule has 0 spiro atoms. The number of rotatable bonds is 7. The van der Waals surface area contributed by atoms with Crippen LogP contribution in [0.25, 0.3) is 0 Å². The maximum Gasteiger partial charge on any atom is 0.407 e. The highest BCUT2D eigenvalue weighted by atomic mass is 32.2. The molecule has 0 radical (unpaired) electrons. The summed E-state index contributed by atoms with van der Waals surface area (Å²) in [7, 11) is 0.